The maximum Gasteiger partial charge on any atom is 0.145 e. The molecule has 1 unspecified atom stereocenters. The number of halogens is 2. The predicted octanol–water partition coefficient (Wildman–Crippen LogP) is 5.03. The fourth-order valence-electron chi connectivity index (χ4n) is 2.18. The van der Waals surface area contributed by atoms with Gasteiger partial charge in [-0.3, -0.25) is 0 Å². The molecule has 0 aliphatic heterocycles. The van der Waals surface area contributed by atoms with Crippen molar-refractivity contribution in [3.05, 3.63) is 58.3 Å². The molecule has 0 aromatic heterocycles. The Hall–Kier alpha value is -1.55. The average Bonchev–Trinajstić information content (AvgIpc) is 2.45. The Labute approximate surface area is 133 Å². The lowest BCUT2D eigenvalue weighted by Crippen LogP contribution is -2.18. The Balaban J connectivity index is 2.05. The normalized spacial score (nSPS) is 12.0. The van der Waals surface area contributed by atoms with Crippen molar-refractivity contribution in [2.75, 3.05) is 11.9 Å². The first-order chi connectivity index (χ1) is 10.1. The van der Waals surface area contributed by atoms with Crippen LogP contribution in [0.4, 0.5) is 10.1 Å². The molecule has 0 amide bonds. The molecular weight excluding hydrogens is 333 g/mol. The second-order valence-corrected chi connectivity index (χ2v) is 5.87. The standard InChI is InChI=1S/C17H19BrFNO/c1-3-21-17-11-15(19)8-9-16(17)20-12(2)10-13-4-6-14(18)7-5-13/h4-9,11-12,20H,3,10H2,1-2H3. The Morgan fingerprint density at radius 3 is 2.57 bits per heavy atom. The van der Waals surface area contributed by atoms with E-state index in [0.29, 0.717) is 12.4 Å². The lowest BCUT2D eigenvalue weighted by molar-refractivity contribution is 0.339. The molecule has 0 saturated carbocycles. The molecule has 2 rings (SSSR count). The minimum absolute atomic E-state index is 0.218. The van der Waals surface area contributed by atoms with E-state index in [4.69, 9.17) is 4.74 Å². The summed E-state index contributed by atoms with van der Waals surface area (Å²) in [7, 11) is 0. The minimum Gasteiger partial charge on any atom is -0.492 e. The van der Waals surface area contributed by atoms with E-state index >= 15 is 0 Å². The van der Waals surface area contributed by atoms with E-state index in [1.54, 1.807) is 6.07 Å². The van der Waals surface area contributed by atoms with Gasteiger partial charge in [0.2, 0.25) is 0 Å². The van der Waals surface area contributed by atoms with Crippen molar-refractivity contribution in [1.29, 1.82) is 0 Å². The third-order valence-corrected chi connectivity index (χ3v) is 3.63. The fraction of sp³-hybridized carbons (Fsp3) is 0.294. The second kappa shape index (κ2) is 7.46. The molecule has 0 aliphatic carbocycles. The van der Waals surface area contributed by atoms with Crippen LogP contribution < -0.4 is 10.1 Å². The summed E-state index contributed by atoms with van der Waals surface area (Å²) in [6, 6.07) is 13.0. The van der Waals surface area contributed by atoms with Crippen LogP contribution in [0.3, 0.4) is 0 Å². The summed E-state index contributed by atoms with van der Waals surface area (Å²) in [6.45, 7) is 4.50. The first kappa shape index (κ1) is 15.8. The SMILES string of the molecule is CCOc1cc(F)ccc1NC(C)Cc1ccc(Br)cc1. The molecule has 1 N–H and O–H groups in total. The van der Waals surface area contributed by atoms with Gasteiger partial charge in [-0.05, 0) is 50.1 Å². The third-order valence-electron chi connectivity index (χ3n) is 3.10. The molecule has 1 atom stereocenters. The summed E-state index contributed by atoms with van der Waals surface area (Å²) in [5.74, 6) is 0.268. The summed E-state index contributed by atoms with van der Waals surface area (Å²) in [5.41, 5.74) is 2.07. The topological polar surface area (TPSA) is 21.3 Å². The second-order valence-electron chi connectivity index (χ2n) is 4.95. The smallest absolute Gasteiger partial charge is 0.145 e. The zero-order chi connectivity index (χ0) is 15.2. The Morgan fingerprint density at radius 2 is 1.90 bits per heavy atom. The van der Waals surface area contributed by atoms with Crippen LogP contribution in [-0.2, 0) is 6.42 Å². The van der Waals surface area contributed by atoms with Crippen molar-refractivity contribution in [2.45, 2.75) is 26.3 Å². The average molecular weight is 352 g/mol. The summed E-state index contributed by atoms with van der Waals surface area (Å²) in [4.78, 5) is 0. The zero-order valence-corrected chi connectivity index (χ0v) is 13.8. The molecule has 4 heteroatoms. The van der Waals surface area contributed by atoms with Gasteiger partial charge in [0.05, 0.1) is 12.3 Å². The van der Waals surface area contributed by atoms with E-state index < -0.39 is 0 Å². The van der Waals surface area contributed by atoms with Gasteiger partial charge in [-0.1, -0.05) is 28.1 Å². The van der Waals surface area contributed by atoms with Crippen LogP contribution in [0.2, 0.25) is 0 Å². The molecule has 0 aliphatic rings. The summed E-state index contributed by atoms with van der Waals surface area (Å²) < 4.78 is 19.8. The summed E-state index contributed by atoms with van der Waals surface area (Å²) in [6.07, 6.45) is 0.885. The Bertz CT molecular complexity index is 586. The number of ether oxygens (including phenoxy) is 1. The van der Waals surface area contributed by atoms with Crippen LogP contribution >= 0.6 is 15.9 Å². The van der Waals surface area contributed by atoms with Gasteiger partial charge in [-0.2, -0.15) is 0 Å². The lowest BCUT2D eigenvalue weighted by atomic mass is 10.1. The quantitative estimate of drug-likeness (QED) is 0.787. The van der Waals surface area contributed by atoms with Gasteiger partial charge >= 0.3 is 0 Å². The van der Waals surface area contributed by atoms with Crippen LogP contribution in [0.5, 0.6) is 5.75 Å². The van der Waals surface area contributed by atoms with Crippen molar-refractivity contribution in [1.82, 2.24) is 0 Å². The van der Waals surface area contributed by atoms with Gasteiger partial charge < -0.3 is 10.1 Å². The first-order valence-electron chi connectivity index (χ1n) is 7.02. The van der Waals surface area contributed by atoms with Crippen molar-refractivity contribution in [3.63, 3.8) is 0 Å². The van der Waals surface area contributed by atoms with E-state index in [1.807, 2.05) is 19.1 Å². The van der Waals surface area contributed by atoms with Crippen molar-refractivity contribution >= 4 is 21.6 Å². The van der Waals surface area contributed by atoms with Crippen LogP contribution in [0.1, 0.15) is 19.4 Å². The number of hydrogen-bond acceptors (Lipinski definition) is 2. The van der Waals surface area contributed by atoms with Gasteiger partial charge in [0.15, 0.2) is 0 Å². The maximum atomic E-state index is 13.3. The lowest BCUT2D eigenvalue weighted by Gasteiger charge is -2.18. The summed E-state index contributed by atoms with van der Waals surface area (Å²) in [5, 5.41) is 3.38. The first-order valence-corrected chi connectivity index (χ1v) is 7.81. The Kier molecular flexibility index (Phi) is 5.62. The highest BCUT2D eigenvalue weighted by molar-refractivity contribution is 9.10. The molecule has 2 aromatic rings. The molecule has 21 heavy (non-hydrogen) atoms. The van der Waals surface area contributed by atoms with Crippen LogP contribution in [0, 0.1) is 5.82 Å². The number of rotatable bonds is 6. The molecule has 0 saturated heterocycles. The van der Waals surface area contributed by atoms with E-state index in [9.17, 15) is 4.39 Å². The molecular formula is C17H19BrFNO. The minimum atomic E-state index is -0.287. The van der Waals surface area contributed by atoms with E-state index in [1.165, 1.54) is 17.7 Å². The van der Waals surface area contributed by atoms with E-state index in [2.05, 4.69) is 40.3 Å². The highest BCUT2D eigenvalue weighted by Crippen LogP contribution is 2.26. The molecule has 0 heterocycles. The molecule has 2 aromatic carbocycles. The van der Waals surface area contributed by atoms with Gasteiger partial charge in [0, 0.05) is 16.6 Å². The largest absolute Gasteiger partial charge is 0.492 e. The maximum absolute atomic E-state index is 13.3. The van der Waals surface area contributed by atoms with Gasteiger partial charge in [-0.25, -0.2) is 4.39 Å². The van der Waals surface area contributed by atoms with Gasteiger partial charge in [-0.15, -0.1) is 0 Å². The number of hydrogen-bond donors (Lipinski definition) is 1. The highest BCUT2D eigenvalue weighted by atomic mass is 79.9. The number of anilines is 1. The van der Waals surface area contributed by atoms with Crippen LogP contribution in [-0.4, -0.2) is 12.6 Å². The monoisotopic (exact) mass is 351 g/mol. The molecule has 112 valence electrons. The number of nitrogens with one attached hydrogen (secondary N) is 1. The Morgan fingerprint density at radius 1 is 1.19 bits per heavy atom. The predicted molar refractivity (Wildman–Crippen MR) is 88.5 cm³/mol. The van der Waals surface area contributed by atoms with Gasteiger partial charge in [0.25, 0.3) is 0 Å². The highest BCUT2D eigenvalue weighted by Gasteiger charge is 2.09. The van der Waals surface area contributed by atoms with Crippen molar-refractivity contribution in [3.8, 4) is 5.75 Å². The molecule has 0 spiro atoms. The fourth-order valence-corrected chi connectivity index (χ4v) is 2.45. The molecule has 0 bridgehead atoms. The van der Waals surface area contributed by atoms with Gasteiger partial charge in [0.1, 0.15) is 11.6 Å². The van der Waals surface area contributed by atoms with Crippen molar-refractivity contribution in [2.24, 2.45) is 0 Å². The number of benzene rings is 2. The van der Waals surface area contributed by atoms with E-state index in [-0.39, 0.29) is 11.9 Å². The molecule has 0 fully saturated rings. The van der Waals surface area contributed by atoms with Crippen LogP contribution in [0.15, 0.2) is 46.9 Å². The van der Waals surface area contributed by atoms with Crippen LogP contribution in [0.25, 0.3) is 0 Å². The van der Waals surface area contributed by atoms with E-state index in [0.717, 1.165) is 16.6 Å². The molecule has 2 nitrogen and oxygen atoms in total. The third kappa shape index (κ3) is 4.74. The summed E-state index contributed by atoms with van der Waals surface area (Å²) >= 11 is 3.43. The van der Waals surface area contributed by atoms with Crippen molar-refractivity contribution < 1.29 is 9.13 Å². The molecule has 0 radical (unpaired) electrons. The zero-order valence-electron chi connectivity index (χ0n) is 12.2.